The van der Waals surface area contributed by atoms with Crippen LogP contribution in [0.4, 0.5) is 0 Å². The molecule has 2 N–H and O–H groups in total. The second-order valence-electron chi connectivity index (χ2n) is 4.36. The standard InChI is InChI=1S/C15H15N3/c1-11-6-5-9-18-13(10-16)14(17-15(11)18)12-7-3-2-4-8-12/h2-9H,10,16H2,1H3. The van der Waals surface area contributed by atoms with Crippen molar-refractivity contribution in [2.75, 3.05) is 0 Å². The second-order valence-corrected chi connectivity index (χ2v) is 4.36. The van der Waals surface area contributed by atoms with E-state index < -0.39 is 0 Å². The van der Waals surface area contributed by atoms with Crippen LogP contribution < -0.4 is 5.73 Å². The van der Waals surface area contributed by atoms with Gasteiger partial charge in [-0.2, -0.15) is 0 Å². The molecule has 2 heterocycles. The molecule has 0 saturated heterocycles. The zero-order chi connectivity index (χ0) is 12.5. The topological polar surface area (TPSA) is 43.3 Å². The van der Waals surface area contributed by atoms with Crippen molar-refractivity contribution in [1.82, 2.24) is 9.38 Å². The number of rotatable bonds is 2. The van der Waals surface area contributed by atoms with E-state index >= 15 is 0 Å². The van der Waals surface area contributed by atoms with E-state index in [1.807, 2.05) is 30.5 Å². The first-order valence-electron chi connectivity index (χ1n) is 6.03. The van der Waals surface area contributed by atoms with E-state index in [9.17, 15) is 0 Å². The van der Waals surface area contributed by atoms with Crippen LogP contribution in [0.5, 0.6) is 0 Å². The van der Waals surface area contributed by atoms with Gasteiger partial charge in [0.05, 0.1) is 11.4 Å². The number of pyridine rings is 1. The molecule has 0 radical (unpaired) electrons. The Hall–Kier alpha value is -2.13. The highest BCUT2D eigenvalue weighted by Crippen LogP contribution is 2.25. The number of aryl methyl sites for hydroxylation is 1. The minimum atomic E-state index is 0.481. The quantitative estimate of drug-likeness (QED) is 0.744. The summed E-state index contributed by atoms with van der Waals surface area (Å²) in [7, 11) is 0. The molecule has 3 heteroatoms. The molecule has 0 unspecified atom stereocenters. The molecule has 0 atom stereocenters. The summed E-state index contributed by atoms with van der Waals surface area (Å²) >= 11 is 0. The molecule has 0 bridgehead atoms. The number of nitrogens with two attached hydrogens (primary N) is 1. The molecule has 0 fully saturated rings. The lowest BCUT2D eigenvalue weighted by Crippen LogP contribution is -2.02. The van der Waals surface area contributed by atoms with Gasteiger partial charge < -0.3 is 10.1 Å². The lowest BCUT2D eigenvalue weighted by molar-refractivity contribution is 0.959. The number of nitrogens with zero attached hydrogens (tertiary/aromatic N) is 2. The van der Waals surface area contributed by atoms with E-state index in [1.165, 1.54) is 0 Å². The van der Waals surface area contributed by atoms with Crippen molar-refractivity contribution in [3.8, 4) is 11.3 Å². The number of imidazole rings is 1. The molecular weight excluding hydrogens is 222 g/mol. The van der Waals surface area contributed by atoms with Crippen LogP contribution in [-0.4, -0.2) is 9.38 Å². The van der Waals surface area contributed by atoms with Crippen molar-refractivity contribution in [2.24, 2.45) is 5.73 Å². The van der Waals surface area contributed by atoms with Crippen molar-refractivity contribution in [1.29, 1.82) is 0 Å². The Kier molecular flexibility index (Phi) is 2.61. The van der Waals surface area contributed by atoms with E-state index in [2.05, 4.69) is 29.5 Å². The maximum atomic E-state index is 5.89. The molecule has 18 heavy (non-hydrogen) atoms. The van der Waals surface area contributed by atoms with Crippen LogP contribution in [0.15, 0.2) is 48.7 Å². The van der Waals surface area contributed by atoms with Gasteiger partial charge in [0.25, 0.3) is 0 Å². The fraction of sp³-hybridized carbons (Fsp3) is 0.133. The third-order valence-electron chi connectivity index (χ3n) is 3.18. The molecule has 1 aromatic carbocycles. The minimum absolute atomic E-state index is 0.481. The van der Waals surface area contributed by atoms with Gasteiger partial charge in [0, 0.05) is 18.3 Å². The Morgan fingerprint density at radius 2 is 1.89 bits per heavy atom. The number of hydrogen-bond donors (Lipinski definition) is 1. The molecule has 0 aliphatic heterocycles. The Bertz CT molecular complexity index is 684. The highest BCUT2D eigenvalue weighted by molar-refractivity contribution is 5.67. The molecule has 3 aromatic rings. The predicted molar refractivity (Wildman–Crippen MR) is 73.3 cm³/mol. The third-order valence-corrected chi connectivity index (χ3v) is 3.18. The van der Waals surface area contributed by atoms with Gasteiger partial charge in [0.15, 0.2) is 0 Å². The number of benzene rings is 1. The maximum absolute atomic E-state index is 5.89. The smallest absolute Gasteiger partial charge is 0.140 e. The number of fused-ring (bicyclic) bond motifs is 1. The fourth-order valence-electron chi connectivity index (χ4n) is 2.28. The SMILES string of the molecule is Cc1cccn2c(CN)c(-c3ccccc3)nc12. The van der Waals surface area contributed by atoms with Gasteiger partial charge in [-0.05, 0) is 18.6 Å². The van der Waals surface area contributed by atoms with Crippen LogP contribution in [-0.2, 0) is 6.54 Å². The summed E-state index contributed by atoms with van der Waals surface area (Å²) in [4.78, 5) is 4.74. The normalized spacial score (nSPS) is 11.0. The van der Waals surface area contributed by atoms with Gasteiger partial charge in [-0.25, -0.2) is 4.98 Å². The van der Waals surface area contributed by atoms with Gasteiger partial charge in [-0.1, -0.05) is 36.4 Å². The third kappa shape index (κ3) is 1.60. The molecule has 2 aromatic heterocycles. The number of aromatic nitrogens is 2. The largest absolute Gasteiger partial charge is 0.325 e. The lowest BCUT2D eigenvalue weighted by atomic mass is 10.1. The summed E-state index contributed by atoms with van der Waals surface area (Å²) in [6.07, 6.45) is 2.02. The molecule has 0 amide bonds. The summed E-state index contributed by atoms with van der Waals surface area (Å²) in [5.41, 5.74) is 11.2. The molecule has 3 rings (SSSR count). The zero-order valence-electron chi connectivity index (χ0n) is 10.3. The summed E-state index contributed by atoms with van der Waals surface area (Å²) in [6, 6.07) is 14.3. The molecular formula is C15H15N3. The van der Waals surface area contributed by atoms with Crippen molar-refractivity contribution < 1.29 is 0 Å². The first kappa shape index (κ1) is 11.0. The molecule has 0 spiro atoms. The molecule has 0 aliphatic carbocycles. The Morgan fingerprint density at radius 1 is 1.11 bits per heavy atom. The van der Waals surface area contributed by atoms with Crippen LogP contribution in [0.1, 0.15) is 11.3 Å². The molecule has 0 aliphatic rings. The summed E-state index contributed by atoms with van der Waals surface area (Å²) in [6.45, 7) is 2.55. The first-order valence-corrected chi connectivity index (χ1v) is 6.03. The van der Waals surface area contributed by atoms with E-state index in [-0.39, 0.29) is 0 Å². The fourth-order valence-corrected chi connectivity index (χ4v) is 2.28. The van der Waals surface area contributed by atoms with Crippen LogP contribution in [0.3, 0.4) is 0 Å². The average molecular weight is 237 g/mol. The van der Waals surface area contributed by atoms with Crippen molar-refractivity contribution in [3.63, 3.8) is 0 Å². The van der Waals surface area contributed by atoms with E-state index in [4.69, 9.17) is 10.7 Å². The monoisotopic (exact) mass is 237 g/mol. The maximum Gasteiger partial charge on any atom is 0.140 e. The van der Waals surface area contributed by atoms with E-state index in [1.54, 1.807) is 0 Å². The van der Waals surface area contributed by atoms with Crippen LogP contribution in [0, 0.1) is 6.92 Å². The Labute approximate surface area is 106 Å². The Balaban J connectivity index is 2.33. The highest BCUT2D eigenvalue weighted by Gasteiger charge is 2.13. The molecule has 3 nitrogen and oxygen atoms in total. The molecule has 90 valence electrons. The van der Waals surface area contributed by atoms with Crippen molar-refractivity contribution in [3.05, 3.63) is 59.9 Å². The van der Waals surface area contributed by atoms with Gasteiger partial charge in [0.2, 0.25) is 0 Å². The van der Waals surface area contributed by atoms with E-state index in [0.717, 1.165) is 28.2 Å². The van der Waals surface area contributed by atoms with Gasteiger partial charge in [-0.3, -0.25) is 0 Å². The summed E-state index contributed by atoms with van der Waals surface area (Å²) < 4.78 is 2.08. The zero-order valence-corrected chi connectivity index (χ0v) is 10.3. The van der Waals surface area contributed by atoms with Crippen molar-refractivity contribution in [2.45, 2.75) is 13.5 Å². The lowest BCUT2D eigenvalue weighted by Gasteiger charge is -2.02. The van der Waals surface area contributed by atoms with Gasteiger partial charge in [-0.15, -0.1) is 0 Å². The van der Waals surface area contributed by atoms with Gasteiger partial charge >= 0.3 is 0 Å². The first-order chi connectivity index (χ1) is 8.81. The molecule has 0 saturated carbocycles. The average Bonchev–Trinajstić information content (AvgIpc) is 2.80. The number of hydrogen-bond acceptors (Lipinski definition) is 2. The minimum Gasteiger partial charge on any atom is -0.325 e. The van der Waals surface area contributed by atoms with Gasteiger partial charge in [0.1, 0.15) is 5.65 Å². The van der Waals surface area contributed by atoms with Crippen molar-refractivity contribution >= 4 is 5.65 Å². The summed E-state index contributed by atoms with van der Waals surface area (Å²) in [5.74, 6) is 0. The van der Waals surface area contributed by atoms with Crippen LogP contribution >= 0.6 is 0 Å². The second kappa shape index (κ2) is 4.27. The van der Waals surface area contributed by atoms with E-state index in [0.29, 0.717) is 6.54 Å². The van der Waals surface area contributed by atoms with Crippen LogP contribution in [0.25, 0.3) is 16.9 Å². The predicted octanol–water partition coefficient (Wildman–Crippen LogP) is 2.77. The summed E-state index contributed by atoms with van der Waals surface area (Å²) in [5, 5.41) is 0. The van der Waals surface area contributed by atoms with Crippen LogP contribution in [0.2, 0.25) is 0 Å². The Morgan fingerprint density at radius 3 is 2.61 bits per heavy atom. The highest BCUT2D eigenvalue weighted by atomic mass is 15.0.